The third-order valence-corrected chi connectivity index (χ3v) is 5.82. The van der Waals surface area contributed by atoms with Gasteiger partial charge in [0.25, 0.3) is 5.91 Å². The number of carbonyl (C=O) groups excluding carboxylic acids is 1. The van der Waals surface area contributed by atoms with Crippen molar-refractivity contribution >= 4 is 22.6 Å². The van der Waals surface area contributed by atoms with Crippen molar-refractivity contribution in [2.75, 3.05) is 38.2 Å². The van der Waals surface area contributed by atoms with Gasteiger partial charge in [-0.15, -0.1) is 0 Å². The summed E-state index contributed by atoms with van der Waals surface area (Å²) >= 11 is 0. The molecule has 6 nitrogen and oxygen atoms in total. The van der Waals surface area contributed by atoms with E-state index < -0.39 is 0 Å². The average molecular weight is 412 g/mol. The van der Waals surface area contributed by atoms with Crippen LogP contribution in [0.25, 0.3) is 16.7 Å². The first-order valence-corrected chi connectivity index (χ1v) is 10.4. The second-order valence-electron chi connectivity index (χ2n) is 7.60. The van der Waals surface area contributed by atoms with Crippen LogP contribution in [-0.2, 0) is 0 Å². The summed E-state index contributed by atoms with van der Waals surface area (Å²) in [6, 6.07) is 23.9. The largest absolute Gasteiger partial charge is 0.495 e. The van der Waals surface area contributed by atoms with Crippen molar-refractivity contribution in [3.63, 3.8) is 0 Å². The molecule has 0 atom stereocenters. The Bertz CT molecular complexity index is 1210. The number of anilines is 1. The van der Waals surface area contributed by atoms with Crippen molar-refractivity contribution in [2.45, 2.75) is 0 Å². The van der Waals surface area contributed by atoms with Gasteiger partial charge in [0.2, 0.25) is 0 Å². The zero-order valence-corrected chi connectivity index (χ0v) is 17.4. The van der Waals surface area contributed by atoms with E-state index in [4.69, 9.17) is 4.74 Å². The first-order valence-electron chi connectivity index (χ1n) is 10.4. The van der Waals surface area contributed by atoms with E-state index in [1.165, 1.54) is 0 Å². The number of rotatable bonds is 4. The van der Waals surface area contributed by atoms with Crippen LogP contribution >= 0.6 is 0 Å². The number of nitrogens with zero attached hydrogens (tertiary/aromatic N) is 4. The first-order chi connectivity index (χ1) is 15.2. The fraction of sp³-hybridized carbons (Fsp3) is 0.200. The lowest BCUT2D eigenvalue weighted by Crippen LogP contribution is -2.48. The molecule has 0 aliphatic carbocycles. The Morgan fingerprint density at radius 1 is 0.903 bits per heavy atom. The lowest BCUT2D eigenvalue weighted by Gasteiger charge is -2.36. The highest BCUT2D eigenvalue weighted by Gasteiger charge is 2.24. The van der Waals surface area contributed by atoms with Crippen LogP contribution in [0, 0.1) is 0 Å². The summed E-state index contributed by atoms with van der Waals surface area (Å²) < 4.78 is 7.52. The van der Waals surface area contributed by atoms with Crippen LogP contribution in [0.4, 0.5) is 5.69 Å². The number of ether oxygens (including phenoxy) is 1. The molecule has 1 saturated heterocycles. The lowest BCUT2D eigenvalue weighted by molar-refractivity contribution is 0.0747. The molecule has 0 saturated carbocycles. The van der Waals surface area contributed by atoms with Crippen molar-refractivity contribution in [1.82, 2.24) is 14.5 Å². The van der Waals surface area contributed by atoms with Gasteiger partial charge < -0.3 is 14.5 Å². The van der Waals surface area contributed by atoms with E-state index in [9.17, 15) is 4.79 Å². The summed E-state index contributed by atoms with van der Waals surface area (Å²) in [4.78, 5) is 21.8. The Kier molecular flexibility index (Phi) is 5.04. The van der Waals surface area contributed by atoms with Crippen molar-refractivity contribution < 1.29 is 9.53 Å². The fourth-order valence-electron chi connectivity index (χ4n) is 4.16. The van der Waals surface area contributed by atoms with Gasteiger partial charge >= 0.3 is 0 Å². The molecule has 0 radical (unpaired) electrons. The molecule has 0 bridgehead atoms. The number of aromatic nitrogens is 2. The average Bonchev–Trinajstić information content (AvgIpc) is 3.27. The van der Waals surface area contributed by atoms with E-state index in [-0.39, 0.29) is 5.91 Å². The molecule has 1 amide bonds. The standard InChI is InChI=1S/C25H24N4O2/c1-31-24-10-6-5-9-23(24)27-13-15-28(16-14-27)25(30)19-11-12-22-21(17-19)26-18-29(22)20-7-3-2-4-8-20/h2-12,17-18H,13-16H2,1H3. The molecule has 1 aliphatic heterocycles. The summed E-state index contributed by atoms with van der Waals surface area (Å²) in [6.07, 6.45) is 1.81. The van der Waals surface area contributed by atoms with Crippen molar-refractivity contribution in [1.29, 1.82) is 0 Å². The molecule has 1 aromatic heterocycles. The van der Waals surface area contributed by atoms with Crippen molar-refractivity contribution in [2.24, 2.45) is 0 Å². The molecule has 1 aliphatic rings. The smallest absolute Gasteiger partial charge is 0.254 e. The van der Waals surface area contributed by atoms with Gasteiger partial charge in [0, 0.05) is 37.4 Å². The van der Waals surface area contributed by atoms with Gasteiger partial charge in [-0.1, -0.05) is 30.3 Å². The van der Waals surface area contributed by atoms with Gasteiger partial charge in [-0.05, 0) is 42.5 Å². The molecule has 1 fully saturated rings. The van der Waals surface area contributed by atoms with Crippen LogP contribution in [0.1, 0.15) is 10.4 Å². The summed E-state index contributed by atoms with van der Waals surface area (Å²) in [7, 11) is 1.69. The highest BCUT2D eigenvalue weighted by Crippen LogP contribution is 2.28. The highest BCUT2D eigenvalue weighted by molar-refractivity contribution is 5.97. The fourth-order valence-corrected chi connectivity index (χ4v) is 4.16. The van der Waals surface area contributed by atoms with Gasteiger partial charge in [0.15, 0.2) is 0 Å². The Labute approximate surface area is 181 Å². The Balaban J connectivity index is 1.32. The number of imidazole rings is 1. The van der Waals surface area contributed by atoms with Gasteiger partial charge in [0.1, 0.15) is 12.1 Å². The number of hydrogen-bond acceptors (Lipinski definition) is 4. The molecule has 0 N–H and O–H groups in total. The first kappa shape index (κ1) is 19.2. The quantitative estimate of drug-likeness (QED) is 0.509. The second kappa shape index (κ2) is 8.14. The number of piperazine rings is 1. The van der Waals surface area contributed by atoms with Crippen LogP contribution in [0.2, 0.25) is 0 Å². The molecule has 0 spiro atoms. The van der Waals surface area contributed by atoms with Crippen molar-refractivity contribution in [3.05, 3.63) is 84.7 Å². The third kappa shape index (κ3) is 3.61. The maximum atomic E-state index is 13.1. The molecule has 156 valence electrons. The van der Waals surface area contributed by atoms with E-state index in [1.54, 1.807) is 13.4 Å². The van der Waals surface area contributed by atoms with E-state index in [2.05, 4.69) is 16.0 Å². The highest BCUT2D eigenvalue weighted by atomic mass is 16.5. The number of benzene rings is 3. The van der Waals surface area contributed by atoms with E-state index in [1.807, 2.05) is 76.2 Å². The maximum Gasteiger partial charge on any atom is 0.254 e. The monoisotopic (exact) mass is 412 g/mol. The maximum absolute atomic E-state index is 13.1. The Morgan fingerprint density at radius 3 is 2.42 bits per heavy atom. The van der Waals surface area contributed by atoms with E-state index >= 15 is 0 Å². The molecule has 5 rings (SSSR count). The molecule has 3 aromatic carbocycles. The zero-order valence-electron chi connectivity index (χ0n) is 17.4. The third-order valence-electron chi connectivity index (χ3n) is 5.82. The van der Waals surface area contributed by atoms with Crippen molar-refractivity contribution in [3.8, 4) is 11.4 Å². The predicted octanol–water partition coefficient (Wildman–Crippen LogP) is 4.00. The van der Waals surface area contributed by atoms with E-state index in [0.29, 0.717) is 18.7 Å². The van der Waals surface area contributed by atoms with Crippen LogP contribution in [-0.4, -0.2) is 53.6 Å². The second-order valence-corrected chi connectivity index (χ2v) is 7.60. The summed E-state index contributed by atoms with van der Waals surface area (Å²) in [5.74, 6) is 0.914. The van der Waals surface area contributed by atoms with Crippen LogP contribution in [0.5, 0.6) is 5.75 Å². The SMILES string of the molecule is COc1ccccc1N1CCN(C(=O)c2ccc3c(c2)ncn3-c2ccccc2)CC1. The molecule has 0 unspecified atom stereocenters. The summed E-state index contributed by atoms with van der Waals surface area (Å²) in [5, 5.41) is 0. The van der Waals surface area contributed by atoms with Gasteiger partial charge in [0.05, 0.1) is 23.8 Å². The van der Waals surface area contributed by atoms with E-state index in [0.717, 1.165) is 41.2 Å². The Hall–Kier alpha value is -3.80. The van der Waals surface area contributed by atoms with Gasteiger partial charge in [-0.2, -0.15) is 0 Å². The minimum Gasteiger partial charge on any atom is -0.495 e. The minimum atomic E-state index is 0.0517. The molecular weight excluding hydrogens is 388 g/mol. The molecule has 31 heavy (non-hydrogen) atoms. The lowest BCUT2D eigenvalue weighted by atomic mass is 10.1. The topological polar surface area (TPSA) is 50.6 Å². The number of fused-ring (bicyclic) bond motifs is 1. The van der Waals surface area contributed by atoms with Gasteiger partial charge in [-0.3, -0.25) is 9.36 Å². The van der Waals surface area contributed by atoms with Gasteiger partial charge in [-0.25, -0.2) is 4.98 Å². The number of carbonyl (C=O) groups is 1. The zero-order chi connectivity index (χ0) is 21.2. The number of hydrogen-bond donors (Lipinski definition) is 0. The van der Waals surface area contributed by atoms with Crippen LogP contribution in [0.15, 0.2) is 79.1 Å². The number of amides is 1. The number of para-hydroxylation sites is 3. The number of methoxy groups -OCH3 is 1. The molecular formula is C25H24N4O2. The predicted molar refractivity (Wildman–Crippen MR) is 122 cm³/mol. The van der Waals surface area contributed by atoms with Crippen LogP contribution in [0.3, 0.4) is 0 Å². The molecule has 4 aromatic rings. The Morgan fingerprint density at radius 2 is 1.65 bits per heavy atom. The molecule has 6 heteroatoms. The normalized spacial score (nSPS) is 14.1. The van der Waals surface area contributed by atoms with Crippen LogP contribution < -0.4 is 9.64 Å². The summed E-state index contributed by atoms with van der Waals surface area (Å²) in [6.45, 7) is 2.90. The summed E-state index contributed by atoms with van der Waals surface area (Å²) in [5.41, 5.74) is 4.61. The molecule has 2 heterocycles. The minimum absolute atomic E-state index is 0.0517.